The average molecular weight is 158 g/mol. The van der Waals surface area contributed by atoms with E-state index >= 15 is 0 Å². The highest BCUT2D eigenvalue weighted by Crippen LogP contribution is 2.43. The van der Waals surface area contributed by atoms with Gasteiger partial charge in [0.2, 0.25) is 0 Å². The Balaban J connectivity index is 1.63. The molecule has 0 atom stereocenters. The van der Waals surface area contributed by atoms with Crippen LogP contribution in [0.25, 0.3) is 0 Å². The van der Waals surface area contributed by atoms with Crippen LogP contribution in [-0.4, -0.2) is 32.4 Å². The number of rotatable bonds is 3. The third kappa shape index (κ3) is 1.27. The van der Waals surface area contributed by atoms with Gasteiger partial charge in [0.05, 0.1) is 0 Å². The zero-order valence-electron chi connectivity index (χ0n) is 6.70. The number of hydrogen-bond donors (Lipinski definition) is 2. The van der Waals surface area contributed by atoms with Crippen LogP contribution in [-0.2, 0) is 0 Å². The summed E-state index contributed by atoms with van der Waals surface area (Å²) in [6.07, 6.45) is 2.50. The van der Waals surface area contributed by atoms with Crippen LogP contribution >= 0.6 is 0 Å². The highest BCUT2D eigenvalue weighted by atomic mass is 19.1. The van der Waals surface area contributed by atoms with Gasteiger partial charge in [0, 0.05) is 25.7 Å². The largest absolute Gasteiger partial charge is 0.316 e. The molecule has 0 aromatic carbocycles. The molecule has 0 aromatic rings. The first-order valence-electron chi connectivity index (χ1n) is 4.35. The predicted molar refractivity (Wildman–Crippen MR) is 42.3 cm³/mol. The lowest BCUT2D eigenvalue weighted by atomic mass is 9.62. The maximum atomic E-state index is 11.7. The van der Waals surface area contributed by atoms with E-state index in [0.29, 0.717) is 18.0 Å². The van der Waals surface area contributed by atoms with Gasteiger partial charge in [-0.2, -0.15) is 0 Å². The normalized spacial score (nSPS) is 28.1. The third-order valence-electron chi connectivity index (χ3n) is 2.89. The second-order valence-electron chi connectivity index (χ2n) is 3.85. The summed E-state index contributed by atoms with van der Waals surface area (Å²) in [5, 5.41) is 6.47. The van der Waals surface area contributed by atoms with Crippen molar-refractivity contribution in [3.05, 3.63) is 0 Å². The molecular weight excluding hydrogens is 143 g/mol. The lowest BCUT2D eigenvalue weighted by Gasteiger charge is -2.54. The van der Waals surface area contributed by atoms with Gasteiger partial charge in [0.1, 0.15) is 6.67 Å². The fraction of sp³-hybridized carbons (Fsp3) is 1.00. The summed E-state index contributed by atoms with van der Waals surface area (Å²) >= 11 is 0. The van der Waals surface area contributed by atoms with Gasteiger partial charge in [-0.3, -0.25) is 0 Å². The van der Waals surface area contributed by atoms with Crippen molar-refractivity contribution in [2.75, 3.05) is 26.3 Å². The molecule has 0 radical (unpaired) electrons. The minimum absolute atomic E-state index is 0.234. The van der Waals surface area contributed by atoms with E-state index in [1.165, 1.54) is 25.9 Å². The first kappa shape index (κ1) is 7.50. The first-order valence-corrected chi connectivity index (χ1v) is 4.35. The summed E-state index contributed by atoms with van der Waals surface area (Å²) in [5.41, 5.74) is 0.619. The molecule has 1 aliphatic heterocycles. The molecule has 0 amide bonds. The Morgan fingerprint density at radius 2 is 2.18 bits per heavy atom. The maximum absolute atomic E-state index is 11.7. The summed E-state index contributed by atoms with van der Waals surface area (Å²) in [5.74, 6) is 0. The topological polar surface area (TPSA) is 24.1 Å². The van der Waals surface area contributed by atoms with Crippen molar-refractivity contribution in [2.45, 2.75) is 18.9 Å². The van der Waals surface area contributed by atoms with E-state index in [1.54, 1.807) is 0 Å². The SMILES string of the molecule is FCCNC1CC2(CNC2)C1. The molecule has 64 valence electrons. The Bertz CT molecular complexity index is 137. The molecule has 1 aliphatic carbocycles. The first-order chi connectivity index (χ1) is 5.35. The molecule has 0 bridgehead atoms. The van der Waals surface area contributed by atoms with Crippen molar-refractivity contribution in [3.8, 4) is 0 Å². The van der Waals surface area contributed by atoms with Crippen LogP contribution in [0.1, 0.15) is 12.8 Å². The summed E-state index contributed by atoms with van der Waals surface area (Å²) < 4.78 is 11.7. The summed E-state index contributed by atoms with van der Waals surface area (Å²) in [7, 11) is 0. The fourth-order valence-corrected chi connectivity index (χ4v) is 2.16. The van der Waals surface area contributed by atoms with E-state index in [4.69, 9.17) is 0 Å². The van der Waals surface area contributed by atoms with Gasteiger partial charge >= 0.3 is 0 Å². The summed E-state index contributed by atoms with van der Waals surface area (Å²) in [6.45, 7) is 2.66. The van der Waals surface area contributed by atoms with Crippen molar-refractivity contribution < 1.29 is 4.39 Å². The molecule has 2 nitrogen and oxygen atoms in total. The summed E-state index contributed by atoms with van der Waals surface area (Å²) in [6, 6.07) is 0.604. The van der Waals surface area contributed by atoms with Gasteiger partial charge < -0.3 is 10.6 Å². The monoisotopic (exact) mass is 158 g/mol. The van der Waals surface area contributed by atoms with Gasteiger partial charge in [0.25, 0.3) is 0 Å². The summed E-state index contributed by atoms with van der Waals surface area (Å²) in [4.78, 5) is 0. The molecule has 1 saturated carbocycles. The van der Waals surface area contributed by atoms with Crippen LogP contribution in [0.2, 0.25) is 0 Å². The third-order valence-corrected chi connectivity index (χ3v) is 2.89. The fourth-order valence-electron chi connectivity index (χ4n) is 2.16. The number of nitrogens with one attached hydrogen (secondary N) is 2. The second kappa shape index (κ2) is 2.72. The highest BCUT2D eigenvalue weighted by Gasteiger charge is 2.47. The van der Waals surface area contributed by atoms with Crippen LogP contribution in [0.15, 0.2) is 0 Å². The number of alkyl halides is 1. The minimum Gasteiger partial charge on any atom is -0.316 e. The molecule has 1 saturated heterocycles. The number of halogens is 1. The van der Waals surface area contributed by atoms with E-state index in [-0.39, 0.29) is 6.67 Å². The van der Waals surface area contributed by atoms with E-state index in [1.807, 2.05) is 0 Å². The molecule has 1 spiro atoms. The minimum atomic E-state index is -0.234. The van der Waals surface area contributed by atoms with E-state index < -0.39 is 0 Å². The highest BCUT2D eigenvalue weighted by molar-refractivity contribution is 5.05. The standard InChI is InChI=1S/C8H15FN2/c9-1-2-11-7-3-8(4-7)5-10-6-8/h7,10-11H,1-6H2. The molecule has 11 heavy (non-hydrogen) atoms. The van der Waals surface area contributed by atoms with Crippen molar-refractivity contribution in [2.24, 2.45) is 5.41 Å². The van der Waals surface area contributed by atoms with Gasteiger partial charge in [-0.05, 0) is 18.3 Å². The molecule has 2 N–H and O–H groups in total. The lowest BCUT2D eigenvalue weighted by molar-refractivity contribution is 0.0233. The van der Waals surface area contributed by atoms with Crippen LogP contribution in [0.4, 0.5) is 4.39 Å². The molecule has 2 aliphatic rings. The van der Waals surface area contributed by atoms with Crippen LogP contribution in [0.3, 0.4) is 0 Å². The Kier molecular flexibility index (Phi) is 1.85. The predicted octanol–water partition coefficient (Wildman–Crippen LogP) is 0.297. The van der Waals surface area contributed by atoms with Gasteiger partial charge in [-0.1, -0.05) is 0 Å². The molecule has 0 unspecified atom stereocenters. The van der Waals surface area contributed by atoms with E-state index in [2.05, 4.69) is 10.6 Å². The van der Waals surface area contributed by atoms with Crippen molar-refractivity contribution in [1.82, 2.24) is 10.6 Å². The Morgan fingerprint density at radius 3 is 2.64 bits per heavy atom. The number of hydrogen-bond acceptors (Lipinski definition) is 2. The van der Waals surface area contributed by atoms with Gasteiger partial charge in [-0.15, -0.1) is 0 Å². The molecule has 1 heterocycles. The quantitative estimate of drug-likeness (QED) is 0.617. The van der Waals surface area contributed by atoms with E-state index in [9.17, 15) is 4.39 Å². The van der Waals surface area contributed by atoms with Crippen LogP contribution in [0, 0.1) is 5.41 Å². The molecule has 2 rings (SSSR count). The van der Waals surface area contributed by atoms with Crippen molar-refractivity contribution in [3.63, 3.8) is 0 Å². The molecule has 3 heteroatoms. The van der Waals surface area contributed by atoms with Crippen LogP contribution < -0.4 is 10.6 Å². The Hall–Kier alpha value is -0.150. The molecule has 2 fully saturated rings. The van der Waals surface area contributed by atoms with Crippen molar-refractivity contribution in [1.29, 1.82) is 0 Å². The zero-order valence-corrected chi connectivity index (χ0v) is 6.70. The maximum Gasteiger partial charge on any atom is 0.102 e. The lowest BCUT2D eigenvalue weighted by Crippen LogP contribution is -2.64. The smallest absolute Gasteiger partial charge is 0.102 e. The average Bonchev–Trinajstić information content (AvgIpc) is 1.81. The molecular formula is C8H15FN2. The second-order valence-corrected chi connectivity index (χ2v) is 3.85. The Labute approximate surface area is 66.5 Å². The van der Waals surface area contributed by atoms with Crippen molar-refractivity contribution >= 4 is 0 Å². The molecule has 0 aromatic heterocycles. The van der Waals surface area contributed by atoms with E-state index in [0.717, 1.165) is 0 Å². The zero-order chi connectivity index (χ0) is 7.73. The van der Waals surface area contributed by atoms with Crippen LogP contribution in [0.5, 0.6) is 0 Å². The Morgan fingerprint density at radius 1 is 1.45 bits per heavy atom. The van der Waals surface area contributed by atoms with Gasteiger partial charge in [0.15, 0.2) is 0 Å². The van der Waals surface area contributed by atoms with Gasteiger partial charge in [-0.25, -0.2) is 4.39 Å².